The number of rotatable bonds is 6. The SMILES string of the molecule is CCc1cnc(CNCc2ccc(C3CC3C)o2)s1. The van der Waals surface area contributed by atoms with Crippen LogP contribution in [0.3, 0.4) is 0 Å². The molecule has 1 aliphatic rings. The van der Waals surface area contributed by atoms with E-state index in [1.807, 2.05) is 6.20 Å². The van der Waals surface area contributed by atoms with Gasteiger partial charge in [-0.1, -0.05) is 13.8 Å². The summed E-state index contributed by atoms with van der Waals surface area (Å²) >= 11 is 1.78. The summed E-state index contributed by atoms with van der Waals surface area (Å²) in [6.45, 7) is 6.04. The molecule has 0 radical (unpaired) electrons. The van der Waals surface area contributed by atoms with Crippen LogP contribution in [0.15, 0.2) is 22.7 Å². The summed E-state index contributed by atoms with van der Waals surface area (Å²) in [4.78, 5) is 5.74. The van der Waals surface area contributed by atoms with E-state index in [-0.39, 0.29) is 0 Å². The fourth-order valence-electron chi connectivity index (χ4n) is 2.29. The van der Waals surface area contributed by atoms with Gasteiger partial charge in [0.2, 0.25) is 0 Å². The summed E-state index contributed by atoms with van der Waals surface area (Å²) < 4.78 is 5.86. The Morgan fingerprint density at radius 3 is 2.95 bits per heavy atom. The largest absolute Gasteiger partial charge is 0.464 e. The van der Waals surface area contributed by atoms with Gasteiger partial charge >= 0.3 is 0 Å². The van der Waals surface area contributed by atoms with Crippen molar-refractivity contribution in [2.24, 2.45) is 5.92 Å². The van der Waals surface area contributed by atoms with E-state index in [0.29, 0.717) is 5.92 Å². The van der Waals surface area contributed by atoms with Crippen LogP contribution in [0.25, 0.3) is 0 Å². The Morgan fingerprint density at radius 1 is 1.42 bits per heavy atom. The van der Waals surface area contributed by atoms with Gasteiger partial charge < -0.3 is 9.73 Å². The standard InChI is InChI=1S/C15H20N2OS/c1-3-12-8-17-15(19-12)9-16-7-11-4-5-14(18-11)13-6-10(13)2/h4-5,8,10,13,16H,3,6-7,9H2,1-2H3. The van der Waals surface area contributed by atoms with E-state index in [1.165, 1.54) is 11.3 Å². The fraction of sp³-hybridized carbons (Fsp3) is 0.533. The monoisotopic (exact) mass is 276 g/mol. The maximum absolute atomic E-state index is 5.86. The summed E-state index contributed by atoms with van der Waals surface area (Å²) in [5.41, 5.74) is 0. The molecule has 2 aromatic heterocycles. The van der Waals surface area contributed by atoms with Crippen molar-refractivity contribution < 1.29 is 4.42 Å². The molecular weight excluding hydrogens is 256 g/mol. The second-order valence-electron chi connectivity index (χ2n) is 5.30. The van der Waals surface area contributed by atoms with Crippen LogP contribution in [0, 0.1) is 5.92 Å². The molecule has 3 rings (SSSR count). The molecular formula is C15H20N2OS. The number of thiazole rings is 1. The molecule has 2 heterocycles. The summed E-state index contributed by atoms with van der Waals surface area (Å²) in [7, 11) is 0. The first kappa shape index (κ1) is 12.9. The number of aryl methyl sites for hydroxylation is 1. The minimum absolute atomic E-state index is 0.667. The molecule has 1 N–H and O–H groups in total. The van der Waals surface area contributed by atoms with Crippen molar-refractivity contribution in [1.29, 1.82) is 0 Å². The van der Waals surface area contributed by atoms with E-state index in [0.717, 1.165) is 42.0 Å². The number of furan rings is 1. The molecule has 0 aromatic carbocycles. The smallest absolute Gasteiger partial charge is 0.117 e. The highest BCUT2D eigenvalue weighted by atomic mass is 32.1. The van der Waals surface area contributed by atoms with Gasteiger partial charge in [0.05, 0.1) is 6.54 Å². The molecule has 0 saturated heterocycles. The third-order valence-corrected chi connectivity index (χ3v) is 4.82. The molecule has 1 aliphatic carbocycles. The second-order valence-corrected chi connectivity index (χ2v) is 6.50. The number of nitrogens with zero attached hydrogens (tertiary/aromatic N) is 1. The van der Waals surface area contributed by atoms with Crippen LogP contribution in [0.5, 0.6) is 0 Å². The normalized spacial score (nSPS) is 21.8. The third kappa shape index (κ3) is 3.07. The van der Waals surface area contributed by atoms with Crippen molar-refractivity contribution in [1.82, 2.24) is 10.3 Å². The van der Waals surface area contributed by atoms with Gasteiger partial charge in [0.1, 0.15) is 16.5 Å². The lowest BCUT2D eigenvalue weighted by Gasteiger charge is -1.99. The Balaban J connectivity index is 1.48. The Bertz CT molecular complexity index is 546. The average molecular weight is 276 g/mol. The predicted octanol–water partition coefficient (Wildman–Crippen LogP) is 3.71. The van der Waals surface area contributed by atoms with E-state index in [9.17, 15) is 0 Å². The summed E-state index contributed by atoms with van der Waals surface area (Å²) in [5.74, 6) is 3.66. The molecule has 2 unspecified atom stereocenters. The molecule has 0 amide bonds. The lowest BCUT2D eigenvalue weighted by Crippen LogP contribution is -2.11. The number of hydrogen-bond donors (Lipinski definition) is 1. The van der Waals surface area contributed by atoms with Gasteiger partial charge in [-0.25, -0.2) is 4.98 Å². The molecule has 0 aliphatic heterocycles. The highest BCUT2D eigenvalue weighted by Crippen LogP contribution is 2.47. The van der Waals surface area contributed by atoms with Crippen LogP contribution in [0.2, 0.25) is 0 Å². The average Bonchev–Trinajstić information content (AvgIpc) is 2.86. The lowest BCUT2D eigenvalue weighted by molar-refractivity contribution is 0.444. The quantitative estimate of drug-likeness (QED) is 0.874. The molecule has 0 bridgehead atoms. The van der Waals surface area contributed by atoms with Crippen LogP contribution in [0.1, 0.15) is 47.6 Å². The van der Waals surface area contributed by atoms with Crippen molar-refractivity contribution in [2.45, 2.75) is 45.7 Å². The highest BCUT2D eigenvalue weighted by molar-refractivity contribution is 7.11. The lowest BCUT2D eigenvalue weighted by atomic mass is 10.3. The van der Waals surface area contributed by atoms with Crippen LogP contribution in [-0.4, -0.2) is 4.98 Å². The Hall–Kier alpha value is -1.13. The summed E-state index contributed by atoms with van der Waals surface area (Å²) in [6, 6.07) is 4.22. The van der Waals surface area contributed by atoms with Crippen LogP contribution < -0.4 is 5.32 Å². The number of nitrogens with one attached hydrogen (secondary N) is 1. The van der Waals surface area contributed by atoms with Crippen LogP contribution in [-0.2, 0) is 19.5 Å². The van der Waals surface area contributed by atoms with Gasteiger partial charge in [0.15, 0.2) is 0 Å². The zero-order valence-corrected chi connectivity index (χ0v) is 12.3. The topological polar surface area (TPSA) is 38.1 Å². The second kappa shape index (κ2) is 5.47. The molecule has 102 valence electrons. The minimum atomic E-state index is 0.667. The zero-order chi connectivity index (χ0) is 13.2. The summed E-state index contributed by atoms with van der Waals surface area (Å²) in [5, 5.41) is 4.55. The van der Waals surface area contributed by atoms with Gasteiger partial charge in [-0.2, -0.15) is 0 Å². The first-order valence-electron chi connectivity index (χ1n) is 6.99. The molecule has 1 fully saturated rings. The molecule has 3 nitrogen and oxygen atoms in total. The molecule has 1 saturated carbocycles. The highest BCUT2D eigenvalue weighted by Gasteiger charge is 2.36. The predicted molar refractivity (Wildman–Crippen MR) is 77.3 cm³/mol. The van der Waals surface area contributed by atoms with E-state index in [4.69, 9.17) is 4.42 Å². The molecule has 0 spiro atoms. The third-order valence-electron chi connectivity index (χ3n) is 3.68. The first-order chi connectivity index (χ1) is 9.26. The van der Waals surface area contributed by atoms with Gasteiger partial charge in [-0.05, 0) is 30.9 Å². The number of hydrogen-bond acceptors (Lipinski definition) is 4. The molecule has 2 atom stereocenters. The van der Waals surface area contributed by atoms with Crippen molar-refractivity contribution in [2.75, 3.05) is 0 Å². The van der Waals surface area contributed by atoms with Crippen molar-refractivity contribution in [3.8, 4) is 0 Å². The minimum Gasteiger partial charge on any atom is -0.464 e. The van der Waals surface area contributed by atoms with Gasteiger partial charge in [0, 0.05) is 23.5 Å². The Morgan fingerprint density at radius 2 is 2.26 bits per heavy atom. The maximum atomic E-state index is 5.86. The number of aromatic nitrogens is 1. The first-order valence-corrected chi connectivity index (χ1v) is 7.80. The van der Waals surface area contributed by atoms with E-state index in [1.54, 1.807) is 11.3 Å². The van der Waals surface area contributed by atoms with E-state index >= 15 is 0 Å². The fourth-order valence-corrected chi connectivity index (χ4v) is 3.13. The Kier molecular flexibility index (Phi) is 3.71. The molecule has 4 heteroatoms. The van der Waals surface area contributed by atoms with E-state index in [2.05, 4.69) is 36.3 Å². The van der Waals surface area contributed by atoms with Gasteiger partial charge in [-0.15, -0.1) is 11.3 Å². The van der Waals surface area contributed by atoms with Crippen molar-refractivity contribution >= 4 is 11.3 Å². The van der Waals surface area contributed by atoms with Gasteiger partial charge in [-0.3, -0.25) is 0 Å². The van der Waals surface area contributed by atoms with E-state index < -0.39 is 0 Å². The zero-order valence-electron chi connectivity index (χ0n) is 11.5. The maximum Gasteiger partial charge on any atom is 0.117 e. The molecule has 19 heavy (non-hydrogen) atoms. The van der Waals surface area contributed by atoms with Crippen molar-refractivity contribution in [3.63, 3.8) is 0 Å². The van der Waals surface area contributed by atoms with Crippen LogP contribution in [0.4, 0.5) is 0 Å². The van der Waals surface area contributed by atoms with Gasteiger partial charge in [0.25, 0.3) is 0 Å². The molecule has 2 aromatic rings. The van der Waals surface area contributed by atoms with Crippen molar-refractivity contribution in [3.05, 3.63) is 39.7 Å². The van der Waals surface area contributed by atoms with Crippen LogP contribution >= 0.6 is 11.3 Å². The Labute approximate surface area is 118 Å². The summed E-state index contributed by atoms with van der Waals surface area (Å²) in [6.07, 6.45) is 4.32.